The smallest absolute Gasteiger partial charge is 0.234 e. The Labute approximate surface area is 123 Å². The van der Waals surface area contributed by atoms with E-state index in [4.69, 9.17) is 5.11 Å². The van der Waals surface area contributed by atoms with Crippen LogP contribution in [0.2, 0.25) is 0 Å². The zero-order valence-corrected chi connectivity index (χ0v) is 12.1. The number of carbonyl (C=O) groups is 1. The summed E-state index contributed by atoms with van der Waals surface area (Å²) in [5, 5.41) is 11.9. The van der Waals surface area contributed by atoms with Crippen LogP contribution in [0.1, 0.15) is 11.1 Å². The van der Waals surface area contributed by atoms with Gasteiger partial charge in [-0.1, -0.05) is 30.3 Å². The maximum Gasteiger partial charge on any atom is 0.234 e. The standard InChI is InChI=1S/C16H17NO2S/c1-12-5-2-3-8-15(12)20-11-16(19)17-14-7-4-6-13(9-14)10-18/h2-9,18H,10-11H2,1H3,(H,17,19). The van der Waals surface area contributed by atoms with Crippen LogP contribution in [0.25, 0.3) is 0 Å². The molecule has 104 valence electrons. The molecule has 0 spiro atoms. The highest BCUT2D eigenvalue weighted by Crippen LogP contribution is 2.22. The van der Waals surface area contributed by atoms with Gasteiger partial charge in [-0.2, -0.15) is 0 Å². The Bertz CT molecular complexity index is 599. The number of nitrogens with one attached hydrogen (secondary N) is 1. The van der Waals surface area contributed by atoms with Gasteiger partial charge >= 0.3 is 0 Å². The first-order valence-electron chi connectivity index (χ1n) is 6.37. The third-order valence-corrected chi connectivity index (χ3v) is 4.02. The van der Waals surface area contributed by atoms with Crippen molar-refractivity contribution >= 4 is 23.4 Å². The molecule has 3 nitrogen and oxygen atoms in total. The Morgan fingerprint density at radius 1 is 1.20 bits per heavy atom. The first kappa shape index (κ1) is 14.6. The van der Waals surface area contributed by atoms with Gasteiger partial charge in [-0.05, 0) is 36.2 Å². The Kier molecular flexibility index (Phi) is 5.21. The molecule has 2 aromatic carbocycles. The molecule has 20 heavy (non-hydrogen) atoms. The van der Waals surface area contributed by atoms with Crippen molar-refractivity contribution in [3.8, 4) is 0 Å². The third-order valence-electron chi connectivity index (χ3n) is 2.85. The summed E-state index contributed by atoms with van der Waals surface area (Å²) < 4.78 is 0. The van der Waals surface area contributed by atoms with Crippen molar-refractivity contribution in [3.63, 3.8) is 0 Å². The molecule has 4 heteroatoms. The molecular formula is C16H17NO2S. The molecule has 0 heterocycles. The number of benzene rings is 2. The average Bonchev–Trinajstić information content (AvgIpc) is 2.46. The molecule has 0 saturated carbocycles. The second-order valence-corrected chi connectivity index (χ2v) is 5.48. The summed E-state index contributed by atoms with van der Waals surface area (Å²) in [4.78, 5) is 13.0. The van der Waals surface area contributed by atoms with Crippen LogP contribution in [0.15, 0.2) is 53.4 Å². The van der Waals surface area contributed by atoms with Crippen LogP contribution in [0, 0.1) is 6.92 Å². The highest BCUT2D eigenvalue weighted by atomic mass is 32.2. The van der Waals surface area contributed by atoms with Crippen molar-refractivity contribution in [3.05, 3.63) is 59.7 Å². The van der Waals surface area contributed by atoms with Gasteiger partial charge in [-0.25, -0.2) is 0 Å². The number of aliphatic hydroxyl groups excluding tert-OH is 1. The zero-order chi connectivity index (χ0) is 14.4. The monoisotopic (exact) mass is 287 g/mol. The van der Waals surface area contributed by atoms with Gasteiger partial charge in [0.15, 0.2) is 0 Å². The molecule has 0 bridgehead atoms. The summed E-state index contributed by atoms with van der Waals surface area (Å²) in [6.07, 6.45) is 0. The van der Waals surface area contributed by atoms with Crippen LogP contribution in [-0.4, -0.2) is 16.8 Å². The Balaban J connectivity index is 1.91. The summed E-state index contributed by atoms with van der Waals surface area (Å²) in [5.74, 6) is 0.321. The van der Waals surface area contributed by atoms with Crippen molar-refractivity contribution in [2.45, 2.75) is 18.4 Å². The van der Waals surface area contributed by atoms with E-state index in [1.807, 2.05) is 49.4 Å². The van der Waals surface area contributed by atoms with Gasteiger partial charge in [-0.15, -0.1) is 11.8 Å². The van der Waals surface area contributed by atoms with Gasteiger partial charge in [0, 0.05) is 10.6 Å². The highest BCUT2D eigenvalue weighted by Gasteiger charge is 2.05. The molecule has 0 unspecified atom stereocenters. The van der Waals surface area contributed by atoms with Gasteiger partial charge in [0.05, 0.1) is 12.4 Å². The molecule has 0 fully saturated rings. The van der Waals surface area contributed by atoms with Crippen molar-refractivity contribution in [2.24, 2.45) is 0 Å². The second kappa shape index (κ2) is 7.12. The van der Waals surface area contributed by atoms with E-state index in [1.54, 1.807) is 6.07 Å². The minimum atomic E-state index is -0.0478. The van der Waals surface area contributed by atoms with Crippen molar-refractivity contribution in [1.82, 2.24) is 0 Å². The third kappa shape index (κ3) is 4.11. The van der Waals surface area contributed by atoms with E-state index in [1.165, 1.54) is 17.3 Å². The fraction of sp³-hybridized carbons (Fsp3) is 0.188. The lowest BCUT2D eigenvalue weighted by molar-refractivity contribution is -0.113. The topological polar surface area (TPSA) is 49.3 Å². The van der Waals surface area contributed by atoms with Crippen molar-refractivity contribution in [2.75, 3.05) is 11.1 Å². The van der Waals surface area contributed by atoms with Crippen molar-refractivity contribution in [1.29, 1.82) is 0 Å². The molecule has 2 aromatic rings. The lowest BCUT2D eigenvalue weighted by Gasteiger charge is -2.07. The van der Waals surface area contributed by atoms with Crippen LogP contribution >= 0.6 is 11.8 Å². The molecule has 0 radical (unpaired) electrons. The molecule has 1 amide bonds. The normalized spacial score (nSPS) is 10.3. The van der Waals surface area contributed by atoms with E-state index < -0.39 is 0 Å². The average molecular weight is 287 g/mol. The molecule has 0 aliphatic carbocycles. The second-order valence-electron chi connectivity index (χ2n) is 4.46. The molecular weight excluding hydrogens is 270 g/mol. The Hall–Kier alpha value is -1.78. The number of aliphatic hydroxyl groups is 1. The number of rotatable bonds is 5. The van der Waals surface area contributed by atoms with Gasteiger partial charge in [0.25, 0.3) is 0 Å². The minimum Gasteiger partial charge on any atom is -0.392 e. The lowest BCUT2D eigenvalue weighted by atomic mass is 10.2. The van der Waals surface area contributed by atoms with Crippen LogP contribution in [0.3, 0.4) is 0 Å². The van der Waals surface area contributed by atoms with Gasteiger partial charge in [-0.3, -0.25) is 4.79 Å². The maximum atomic E-state index is 11.9. The summed E-state index contributed by atoms with van der Waals surface area (Å²) in [7, 11) is 0. The van der Waals surface area contributed by atoms with E-state index in [0.29, 0.717) is 11.4 Å². The predicted octanol–water partition coefficient (Wildman–Crippen LogP) is 3.22. The van der Waals surface area contributed by atoms with E-state index >= 15 is 0 Å². The van der Waals surface area contributed by atoms with E-state index in [2.05, 4.69) is 5.32 Å². The summed E-state index contributed by atoms with van der Waals surface area (Å²) in [6.45, 7) is 2.01. The molecule has 0 atom stereocenters. The largest absolute Gasteiger partial charge is 0.392 e. The Morgan fingerprint density at radius 3 is 2.75 bits per heavy atom. The SMILES string of the molecule is Cc1ccccc1SCC(=O)Nc1cccc(CO)c1. The number of aryl methyl sites for hydroxylation is 1. The van der Waals surface area contributed by atoms with E-state index in [9.17, 15) is 4.79 Å². The first-order chi connectivity index (χ1) is 9.69. The lowest BCUT2D eigenvalue weighted by Crippen LogP contribution is -2.14. The molecule has 2 N–H and O–H groups in total. The molecule has 0 saturated heterocycles. The quantitative estimate of drug-likeness (QED) is 0.830. The Morgan fingerprint density at radius 2 is 2.00 bits per heavy atom. The van der Waals surface area contributed by atoms with Crippen LogP contribution < -0.4 is 5.32 Å². The maximum absolute atomic E-state index is 11.9. The van der Waals surface area contributed by atoms with Crippen molar-refractivity contribution < 1.29 is 9.90 Å². The van der Waals surface area contributed by atoms with E-state index in [-0.39, 0.29) is 12.5 Å². The van der Waals surface area contributed by atoms with Gasteiger partial charge in [0.1, 0.15) is 0 Å². The minimum absolute atomic E-state index is 0.0261. The zero-order valence-electron chi connectivity index (χ0n) is 11.3. The number of hydrogen-bond acceptors (Lipinski definition) is 3. The van der Waals surface area contributed by atoms with Gasteiger partial charge in [0.2, 0.25) is 5.91 Å². The number of amides is 1. The fourth-order valence-electron chi connectivity index (χ4n) is 1.81. The molecule has 2 rings (SSSR count). The number of hydrogen-bond donors (Lipinski definition) is 2. The predicted molar refractivity (Wildman–Crippen MR) is 82.9 cm³/mol. The van der Waals surface area contributed by atoms with Crippen LogP contribution in [-0.2, 0) is 11.4 Å². The number of carbonyl (C=O) groups excluding carboxylic acids is 1. The summed E-state index contributed by atoms with van der Waals surface area (Å²) in [5.41, 5.74) is 2.67. The highest BCUT2D eigenvalue weighted by molar-refractivity contribution is 8.00. The number of anilines is 1. The van der Waals surface area contributed by atoms with Gasteiger partial charge < -0.3 is 10.4 Å². The fourth-order valence-corrected chi connectivity index (χ4v) is 2.64. The van der Waals surface area contributed by atoms with Crippen LogP contribution in [0.4, 0.5) is 5.69 Å². The van der Waals surface area contributed by atoms with E-state index in [0.717, 1.165) is 10.5 Å². The van der Waals surface area contributed by atoms with Crippen LogP contribution in [0.5, 0.6) is 0 Å². The molecule has 0 aliphatic rings. The number of thioether (sulfide) groups is 1. The summed E-state index contributed by atoms with van der Waals surface area (Å²) in [6, 6.07) is 15.2. The molecule has 0 aromatic heterocycles. The first-order valence-corrected chi connectivity index (χ1v) is 7.35. The summed E-state index contributed by atoms with van der Waals surface area (Å²) >= 11 is 1.52. The molecule has 0 aliphatic heterocycles.